The van der Waals surface area contributed by atoms with E-state index in [4.69, 9.17) is 0 Å². The zero-order valence-corrected chi connectivity index (χ0v) is 17.2. The van der Waals surface area contributed by atoms with Crippen molar-refractivity contribution in [1.82, 2.24) is 15.5 Å². The Kier molecular flexibility index (Phi) is 7.77. The summed E-state index contributed by atoms with van der Waals surface area (Å²) in [5.74, 6) is -0.421. The number of benzene rings is 2. The molecule has 0 fully saturated rings. The quantitative estimate of drug-likeness (QED) is 0.672. The van der Waals surface area contributed by atoms with Crippen molar-refractivity contribution in [3.05, 3.63) is 65.7 Å². The predicted molar refractivity (Wildman–Crippen MR) is 114 cm³/mol. The molecule has 0 unspecified atom stereocenters. The monoisotopic (exact) mass is 396 g/mol. The second kappa shape index (κ2) is 10.3. The summed E-state index contributed by atoms with van der Waals surface area (Å²) in [6.45, 7) is 4.15. The molecule has 2 aromatic rings. The first-order valence-corrected chi connectivity index (χ1v) is 9.50. The topological polar surface area (TPSA) is 90.5 Å². The highest BCUT2D eigenvalue weighted by Gasteiger charge is 2.27. The lowest BCUT2D eigenvalue weighted by Crippen LogP contribution is -2.51. The van der Waals surface area contributed by atoms with E-state index < -0.39 is 12.1 Å². The highest BCUT2D eigenvalue weighted by Crippen LogP contribution is 2.12. The second-order valence-corrected chi connectivity index (χ2v) is 7.16. The SMILES string of the molecule is CNC(=O)c1ccc(CN(C)C(=O)[C@@H](NC(=O)Nc2ccccc2)C(C)C)cc1. The molecule has 0 bridgehead atoms. The number of carbonyl (C=O) groups excluding carboxylic acids is 3. The number of nitrogens with zero attached hydrogens (tertiary/aromatic N) is 1. The molecule has 2 rings (SSSR count). The average Bonchev–Trinajstić information content (AvgIpc) is 2.72. The van der Waals surface area contributed by atoms with Gasteiger partial charge in [0.05, 0.1) is 0 Å². The molecule has 1 atom stereocenters. The van der Waals surface area contributed by atoms with Crippen LogP contribution in [0.1, 0.15) is 29.8 Å². The summed E-state index contributed by atoms with van der Waals surface area (Å²) in [6.07, 6.45) is 0. The van der Waals surface area contributed by atoms with Crippen molar-refractivity contribution in [2.45, 2.75) is 26.4 Å². The first-order valence-electron chi connectivity index (χ1n) is 9.50. The number of hydrogen-bond acceptors (Lipinski definition) is 3. The van der Waals surface area contributed by atoms with Crippen LogP contribution in [0.25, 0.3) is 0 Å². The standard InChI is InChI=1S/C22H28N4O3/c1-15(2)19(25-22(29)24-18-8-6-5-7-9-18)21(28)26(4)14-16-10-12-17(13-11-16)20(27)23-3/h5-13,15,19H,14H2,1-4H3,(H,23,27)(H2,24,25,29)/t19-/m0/s1. The van der Waals surface area contributed by atoms with Crippen molar-refractivity contribution in [2.75, 3.05) is 19.4 Å². The molecular weight excluding hydrogens is 368 g/mol. The Labute approximate surface area is 171 Å². The minimum Gasteiger partial charge on any atom is -0.355 e. The Morgan fingerprint density at radius 3 is 2.14 bits per heavy atom. The average molecular weight is 396 g/mol. The van der Waals surface area contributed by atoms with E-state index in [2.05, 4.69) is 16.0 Å². The molecule has 0 radical (unpaired) electrons. The number of nitrogens with one attached hydrogen (secondary N) is 3. The molecule has 0 saturated carbocycles. The fourth-order valence-corrected chi connectivity index (χ4v) is 2.84. The van der Waals surface area contributed by atoms with Gasteiger partial charge in [-0.25, -0.2) is 4.79 Å². The fraction of sp³-hybridized carbons (Fsp3) is 0.318. The normalized spacial score (nSPS) is 11.5. The van der Waals surface area contributed by atoms with Gasteiger partial charge in [-0.2, -0.15) is 0 Å². The molecule has 3 N–H and O–H groups in total. The van der Waals surface area contributed by atoms with Crippen LogP contribution in [0, 0.1) is 5.92 Å². The molecule has 0 aliphatic heterocycles. The minimum absolute atomic E-state index is 0.0814. The maximum absolute atomic E-state index is 12.9. The van der Waals surface area contributed by atoms with Crippen LogP contribution in [0.2, 0.25) is 0 Å². The highest BCUT2D eigenvalue weighted by atomic mass is 16.2. The molecule has 0 aliphatic carbocycles. The third-order valence-electron chi connectivity index (χ3n) is 4.49. The van der Waals surface area contributed by atoms with Crippen molar-refractivity contribution in [3.8, 4) is 0 Å². The summed E-state index contributed by atoms with van der Waals surface area (Å²) >= 11 is 0. The molecule has 0 spiro atoms. The lowest BCUT2D eigenvalue weighted by atomic mass is 10.0. The lowest BCUT2D eigenvalue weighted by molar-refractivity contribution is -0.133. The van der Waals surface area contributed by atoms with E-state index in [9.17, 15) is 14.4 Å². The van der Waals surface area contributed by atoms with E-state index in [1.807, 2.05) is 44.2 Å². The summed E-state index contributed by atoms with van der Waals surface area (Å²) in [4.78, 5) is 38.4. The molecule has 2 aromatic carbocycles. The van der Waals surface area contributed by atoms with Gasteiger partial charge in [-0.15, -0.1) is 0 Å². The number of rotatable bonds is 7. The highest BCUT2D eigenvalue weighted by molar-refractivity contribution is 5.94. The molecule has 29 heavy (non-hydrogen) atoms. The Bertz CT molecular complexity index is 835. The van der Waals surface area contributed by atoms with Gasteiger partial charge < -0.3 is 20.9 Å². The maximum atomic E-state index is 12.9. The van der Waals surface area contributed by atoms with Crippen LogP contribution in [-0.4, -0.2) is 42.9 Å². The Morgan fingerprint density at radius 2 is 1.59 bits per heavy atom. The molecule has 154 valence electrons. The van der Waals surface area contributed by atoms with Crippen molar-refractivity contribution in [2.24, 2.45) is 5.92 Å². The molecule has 4 amide bonds. The van der Waals surface area contributed by atoms with Gasteiger partial charge in [0.2, 0.25) is 5.91 Å². The molecule has 7 nitrogen and oxygen atoms in total. The van der Waals surface area contributed by atoms with Gasteiger partial charge in [-0.1, -0.05) is 44.2 Å². The molecule has 7 heteroatoms. The van der Waals surface area contributed by atoms with Crippen LogP contribution in [0.4, 0.5) is 10.5 Å². The summed E-state index contributed by atoms with van der Waals surface area (Å²) in [5, 5.41) is 8.08. The second-order valence-electron chi connectivity index (χ2n) is 7.16. The van der Waals surface area contributed by atoms with E-state index in [1.54, 1.807) is 43.3 Å². The molecule has 0 saturated heterocycles. The first kappa shape index (κ1) is 21.9. The molecular formula is C22H28N4O3. The van der Waals surface area contributed by atoms with Crippen LogP contribution >= 0.6 is 0 Å². The summed E-state index contributed by atoms with van der Waals surface area (Å²) in [5.41, 5.74) is 2.11. The third-order valence-corrected chi connectivity index (χ3v) is 4.49. The number of amides is 4. The Balaban J connectivity index is 2.00. The Morgan fingerprint density at radius 1 is 0.966 bits per heavy atom. The number of likely N-dealkylation sites (N-methyl/N-ethyl adjacent to an activating group) is 1. The number of carbonyl (C=O) groups is 3. The van der Waals surface area contributed by atoms with Gasteiger partial charge >= 0.3 is 6.03 Å². The first-order chi connectivity index (χ1) is 13.8. The van der Waals surface area contributed by atoms with Crippen molar-refractivity contribution in [1.29, 1.82) is 0 Å². The zero-order valence-electron chi connectivity index (χ0n) is 17.2. The van der Waals surface area contributed by atoms with Gasteiger partial charge in [0.1, 0.15) is 6.04 Å². The zero-order chi connectivity index (χ0) is 21.4. The van der Waals surface area contributed by atoms with Crippen molar-refractivity contribution in [3.63, 3.8) is 0 Å². The fourth-order valence-electron chi connectivity index (χ4n) is 2.84. The summed E-state index contributed by atoms with van der Waals surface area (Å²) < 4.78 is 0. The van der Waals surface area contributed by atoms with Gasteiger partial charge in [0.15, 0.2) is 0 Å². The maximum Gasteiger partial charge on any atom is 0.319 e. The van der Waals surface area contributed by atoms with Gasteiger partial charge in [-0.3, -0.25) is 9.59 Å². The largest absolute Gasteiger partial charge is 0.355 e. The van der Waals surface area contributed by atoms with E-state index in [-0.39, 0.29) is 17.7 Å². The van der Waals surface area contributed by atoms with Gasteiger partial charge in [-0.05, 0) is 35.7 Å². The number of para-hydroxylation sites is 1. The summed E-state index contributed by atoms with van der Waals surface area (Å²) in [7, 11) is 3.27. The number of hydrogen-bond donors (Lipinski definition) is 3. The van der Waals surface area contributed by atoms with Crippen molar-refractivity contribution < 1.29 is 14.4 Å². The molecule has 0 aliphatic rings. The van der Waals surface area contributed by atoms with E-state index >= 15 is 0 Å². The molecule has 0 heterocycles. The molecule has 0 aromatic heterocycles. The summed E-state index contributed by atoms with van der Waals surface area (Å²) in [6, 6.07) is 15.0. The van der Waals surface area contributed by atoms with Gasteiger partial charge in [0.25, 0.3) is 5.91 Å². The number of urea groups is 1. The lowest BCUT2D eigenvalue weighted by Gasteiger charge is -2.27. The minimum atomic E-state index is -0.658. The smallest absolute Gasteiger partial charge is 0.319 e. The van der Waals surface area contributed by atoms with Crippen LogP contribution in [0.3, 0.4) is 0 Å². The van der Waals surface area contributed by atoms with E-state index in [0.29, 0.717) is 17.8 Å². The predicted octanol–water partition coefficient (Wildman–Crippen LogP) is 2.85. The third kappa shape index (κ3) is 6.34. The van der Waals surface area contributed by atoms with E-state index in [1.165, 1.54) is 0 Å². The van der Waals surface area contributed by atoms with Crippen LogP contribution in [0.5, 0.6) is 0 Å². The van der Waals surface area contributed by atoms with Crippen molar-refractivity contribution >= 4 is 23.5 Å². The number of anilines is 1. The van der Waals surface area contributed by atoms with Crippen LogP contribution in [-0.2, 0) is 11.3 Å². The van der Waals surface area contributed by atoms with Gasteiger partial charge in [0, 0.05) is 31.9 Å². The van der Waals surface area contributed by atoms with Crippen LogP contribution in [0.15, 0.2) is 54.6 Å². The Hall–Kier alpha value is -3.35. The van der Waals surface area contributed by atoms with Crippen LogP contribution < -0.4 is 16.0 Å². The van der Waals surface area contributed by atoms with E-state index in [0.717, 1.165) is 5.56 Å².